The Kier molecular flexibility index (Phi) is 4.86. The number of amides is 2. The highest BCUT2D eigenvalue weighted by Crippen LogP contribution is 2.59. The Bertz CT molecular complexity index is 1240. The molecule has 0 spiro atoms. The molecule has 33 heavy (non-hydrogen) atoms. The van der Waals surface area contributed by atoms with Crippen molar-refractivity contribution in [1.82, 2.24) is 4.98 Å². The predicted octanol–water partition coefficient (Wildman–Crippen LogP) is 1.66. The molecule has 2 heterocycles. The van der Waals surface area contributed by atoms with Gasteiger partial charge in [-0.1, -0.05) is 12.1 Å². The second-order valence-electron chi connectivity index (χ2n) is 8.54. The summed E-state index contributed by atoms with van der Waals surface area (Å²) >= 11 is 0. The number of methoxy groups -OCH3 is 1. The standard InChI is InChI=1S/C24H24N4O5/c1-32-21-9-18-16(8-19(21)28-11-14(29)12-28)20(6-7-27-18)33-15-4-2-13(3-5-15)17-10-24(17,22(25)30)23(26)31/h2-9,14,17,29H,10-12H2,1H3,(H2,25,30)(H2,26,31). The third-order valence-electron chi connectivity index (χ3n) is 6.56. The number of nitrogens with zero attached hydrogens (tertiary/aromatic N) is 2. The van der Waals surface area contributed by atoms with Crippen molar-refractivity contribution >= 4 is 28.4 Å². The number of fused-ring (bicyclic) bond motifs is 1. The molecule has 1 aliphatic heterocycles. The normalized spacial score (nSPS) is 19.1. The minimum atomic E-state index is -1.30. The number of aromatic nitrogens is 1. The van der Waals surface area contributed by atoms with Crippen molar-refractivity contribution in [2.45, 2.75) is 18.4 Å². The molecule has 170 valence electrons. The van der Waals surface area contributed by atoms with Crippen molar-refractivity contribution in [3.8, 4) is 17.2 Å². The molecule has 3 aromatic rings. The van der Waals surface area contributed by atoms with Gasteiger partial charge in [0.05, 0.1) is 24.4 Å². The van der Waals surface area contributed by atoms with Gasteiger partial charge in [0.2, 0.25) is 11.8 Å². The molecule has 1 aliphatic carbocycles. The lowest BCUT2D eigenvalue weighted by molar-refractivity contribution is -0.133. The zero-order valence-electron chi connectivity index (χ0n) is 18.0. The van der Waals surface area contributed by atoms with E-state index in [1.807, 2.05) is 29.2 Å². The fourth-order valence-electron chi connectivity index (χ4n) is 4.52. The van der Waals surface area contributed by atoms with Crippen molar-refractivity contribution in [2.75, 3.05) is 25.1 Å². The van der Waals surface area contributed by atoms with Gasteiger partial charge in [0.1, 0.15) is 22.7 Å². The van der Waals surface area contributed by atoms with E-state index in [1.165, 1.54) is 0 Å². The van der Waals surface area contributed by atoms with E-state index in [1.54, 1.807) is 31.5 Å². The maximum atomic E-state index is 11.8. The van der Waals surface area contributed by atoms with Gasteiger partial charge in [-0.15, -0.1) is 0 Å². The first-order valence-corrected chi connectivity index (χ1v) is 10.6. The average molecular weight is 448 g/mol. The van der Waals surface area contributed by atoms with Crippen molar-refractivity contribution in [1.29, 1.82) is 0 Å². The molecule has 5 N–H and O–H groups in total. The van der Waals surface area contributed by atoms with E-state index in [4.69, 9.17) is 20.9 Å². The molecule has 2 fully saturated rings. The number of carbonyl (C=O) groups is 2. The minimum absolute atomic E-state index is 0.315. The highest BCUT2D eigenvalue weighted by atomic mass is 16.5. The van der Waals surface area contributed by atoms with Gasteiger partial charge in [-0.3, -0.25) is 14.6 Å². The van der Waals surface area contributed by atoms with Crippen LogP contribution < -0.4 is 25.8 Å². The van der Waals surface area contributed by atoms with E-state index in [0.717, 1.165) is 22.2 Å². The van der Waals surface area contributed by atoms with Crippen molar-refractivity contribution in [2.24, 2.45) is 16.9 Å². The number of pyridine rings is 1. The van der Waals surface area contributed by atoms with Crippen molar-refractivity contribution < 1.29 is 24.2 Å². The third-order valence-corrected chi connectivity index (χ3v) is 6.56. The maximum Gasteiger partial charge on any atom is 0.233 e. The van der Waals surface area contributed by atoms with E-state index < -0.39 is 17.2 Å². The molecule has 5 rings (SSSR count). The number of benzene rings is 2. The molecule has 1 saturated carbocycles. The SMILES string of the molecule is COc1cc2nccc(Oc3ccc(C4CC4(C(N)=O)C(N)=O)cc3)c2cc1N1CC(O)C1. The molecule has 2 aromatic carbocycles. The molecule has 0 bridgehead atoms. The quantitative estimate of drug-likeness (QED) is 0.467. The zero-order valence-corrected chi connectivity index (χ0v) is 18.0. The molecule has 1 saturated heterocycles. The molecule has 9 nitrogen and oxygen atoms in total. The summed E-state index contributed by atoms with van der Waals surface area (Å²) in [5.74, 6) is 0.194. The number of aliphatic hydroxyl groups is 1. The summed E-state index contributed by atoms with van der Waals surface area (Å²) < 4.78 is 11.7. The van der Waals surface area contributed by atoms with E-state index in [-0.39, 0.29) is 12.0 Å². The Balaban J connectivity index is 1.42. The van der Waals surface area contributed by atoms with Crippen molar-refractivity contribution in [3.63, 3.8) is 0 Å². The summed E-state index contributed by atoms with van der Waals surface area (Å²) in [6.45, 7) is 1.08. The zero-order chi connectivity index (χ0) is 23.3. The summed E-state index contributed by atoms with van der Waals surface area (Å²) in [4.78, 5) is 30.0. The summed E-state index contributed by atoms with van der Waals surface area (Å²) in [6, 6.07) is 12.8. The number of anilines is 1. The first kappa shape index (κ1) is 21.0. The van der Waals surface area contributed by atoms with Crippen LogP contribution in [-0.2, 0) is 9.59 Å². The number of primary amides is 2. The largest absolute Gasteiger partial charge is 0.495 e. The smallest absolute Gasteiger partial charge is 0.233 e. The lowest BCUT2D eigenvalue weighted by Gasteiger charge is -2.38. The van der Waals surface area contributed by atoms with Crippen LogP contribution in [0.3, 0.4) is 0 Å². The lowest BCUT2D eigenvalue weighted by Crippen LogP contribution is -2.50. The molecule has 2 aliphatic rings. The predicted molar refractivity (Wildman–Crippen MR) is 121 cm³/mol. The molecule has 2 amide bonds. The Morgan fingerprint density at radius 3 is 2.36 bits per heavy atom. The number of nitrogens with two attached hydrogens (primary N) is 2. The molecule has 0 radical (unpaired) electrons. The first-order valence-electron chi connectivity index (χ1n) is 10.6. The Labute approximate surface area is 189 Å². The van der Waals surface area contributed by atoms with Crippen LogP contribution in [0.2, 0.25) is 0 Å². The highest BCUT2D eigenvalue weighted by Gasteiger charge is 2.64. The Hall–Kier alpha value is -3.85. The second kappa shape index (κ2) is 7.63. The molecule has 1 atom stereocenters. The number of hydrogen-bond donors (Lipinski definition) is 3. The summed E-state index contributed by atoms with van der Waals surface area (Å²) in [7, 11) is 1.60. The summed E-state index contributed by atoms with van der Waals surface area (Å²) in [5, 5.41) is 10.5. The molecule has 1 aromatic heterocycles. The molecular weight excluding hydrogens is 424 g/mol. The number of rotatable bonds is 7. The van der Waals surface area contributed by atoms with Gasteiger partial charge >= 0.3 is 0 Å². The number of β-amino-alcohol motifs (C(OH)–C–C–N with tert-alkyl or cyclic N) is 1. The van der Waals surface area contributed by atoms with Crippen LogP contribution in [0.15, 0.2) is 48.7 Å². The second-order valence-corrected chi connectivity index (χ2v) is 8.54. The van der Waals surface area contributed by atoms with Gasteiger partial charge in [-0.05, 0) is 36.2 Å². The van der Waals surface area contributed by atoms with E-state index >= 15 is 0 Å². The lowest BCUT2D eigenvalue weighted by atomic mass is 9.97. The highest BCUT2D eigenvalue weighted by molar-refractivity contribution is 6.08. The Morgan fingerprint density at radius 2 is 1.79 bits per heavy atom. The average Bonchev–Trinajstić information content (AvgIpc) is 3.54. The van der Waals surface area contributed by atoms with Crippen LogP contribution in [0, 0.1) is 5.41 Å². The van der Waals surface area contributed by atoms with E-state index in [2.05, 4.69) is 4.98 Å². The van der Waals surface area contributed by atoms with Gasteiger partial charge in [0.15, 0.2) is 0 Å². The summed E-state index contributed by atoms with van der Waals surface area (Å²) in [5.41, 5.74) is 11.9. The fourth-order valence-corrected chi connectivity index (χ4v) is 4.52. The van der Waals surface area contributed by atoms with Crippen LogP contribution >= 0.6 is 0 Å². The van der Waals surface area contributed by atoms with Crippen LogP contribution in [-0.4, -0.2) is 48.2 Å². The van der Waals surface area contributed by atoms with Crippen LogP contribution in [0.1, 0.15) is 17.9 Å². The van der Waals surface area contributed by atoms with E-state index in [9.17, 15) is 14.7 Å². The topological polar surface area (TPSA) is 141 Å². The monoisotopic (exact) mass is 448 g/mol. The number of aliphatic hydroxyl groups excluding tert-OH is 1. The minimum Gasteiger partial charge on any atom is -0.495 e. The molecular formula is C24H24N4O5. The molecule has 9 heteroatoms. The van der Waals surface area contributed by atoms with E-state index in [0.29, 0.717) is 36.8 Å². The van der Waals surface area contributed by atoms with Gasteiger partial charge in [-0.2, -0.15) is 0 Å². The maximum absolute atomic E-state index is 11.8. The van der Waals surface area contributed by atoms with Crippen LogP contribution in [0.25, 0.3) is 10.9 Å². The van der Waals surface area contributed by atoms with Gasteiger partial charge in [-0.25, -0.2) is 0 Å². The van der Waals surface area contributed by atoms with Crippen LogP contribution in [0.4, 0.5) is 5.69 Å². The van der Waals surface area contributed by atoms with Gasteiger partial charge in [0.25, 0.3) is 0 Å². The fraction of sp³-hybridized carbons (Fsp3) is 0.292. The van der Waals surface area contributed by atoms with Crippen LogP contribution in [0.5, 0.6) is 17.2 Å². The third kappa shape index (κ3) is 3.41. The first-order chi connectivity index (χ1) is 15.8. The summed E-state index contributed by atoms with van der Waals surface area (Å²) in [6.07, 6.45) is 1.64. The number of carbonyl (C=O) groups excluding carboxylic acids is 2. The number of ether oxygens (including phenoxy) is 2. The molecule has 1 unspecified atom stereocenters. The Morgan fingerprint density at radius 1 is 1.09 bits per heavy atom. The van der Waals surface area contributed by atoms with Gasteiger partial charge < -0.3 is 30.9 Å². The van der Waals surface area contributed by atoms with Gasteiger partial charge in [0, 0.05) is 36.7 Å². The van der Waals surface area contributed by atoms with Crippen molar-refractivity contribution in [3.05, 3.63) is 54.2 Å². The number of hydrogen-bond acceptors (Lipinski definition) is 7.